The molecule has 1 aromatic heterocycles. The molecule has 0 aliphatic rings. The first-order valence-corrected chi connectivity index (χ1v) is 9.34. The number of fused-ring (bicyclic) bond motifs is 1. The summed E-state index contributed by atoms with van der Waals surface area (Å²) in [6.45, 7) is 5.47. The molecule has 3 rings (SSSR count). The van der Waals surface area contributed by atoms with Gasteiger partial charge in [-0.25, -0.2) is 0 Å². The van der Waals surface area contributed by atoms with Crippen LogP contribution in [0.2, 0.25) is 0 Å². The van der Waals surface area contributed by atoms with Gasteiger partial charge in [-0.1, -0.05) is 41.9 Å². The predicted octanol–water partition coefficient (Wildman–Crippen LogP) is 5.98. The molecule has 26 heavy (non-hydrogen) atoms. The van der Waals surface area contributed by atoms with Crippen LogP contribution in [0.4, 0.5) is 5.69 Å². The van der Waals surface area contributed by atoms with E-state index < -0.39 is 0 Å². The topological polar surface area (TPSA) is 63.8 Å². The Hall–Kier alpha value is -2.34. The Morgan fingerprint density at radius 1 is 1.19 bits per heavy atom. The van der Waals surface area contributed by atoms with Crippen LogP contribution in [0, 0.1) is 10.8 Å². The summed E-state index contributed by atoms with van der Waals surface area (Å²) in [7, 11) is 0. The smallest absolute Gasteiger partial charge is 0.222 e. The summed E-state index contributed by atoms with van der Waals surface area (Å²) in [5, 5.41) is 14.0. The van der Waals surface area contributed by atoms with E-state index in [-0.39, 0.29) is 11.6 Å². The number of ether oxygens (including phenoxy) is 1. The second kappa shape index (κ2) is 7.91. The van der Waals surface area contributed by atoms with Gasteiger partial charge in [0.25, 0.3) is 0 Å². The van der Waals surface area contributed by atoms with Gasteiger partial charge in [0.1, 0.15) is 5.75 Å². The van der Waals surface area contributed by atoms with Gasteiger partial charge in [0.2, 0.25) is 5.88 Å². The third kappa shape index (κ3) is 3.90. The first kappa shape index (κ1) is 18.5. The minimum atomic E-state index is -0.120. The van der Waals surface area contributed by atoms with E-state index in [1.54, 1.807) is 10.6 Å². The van der Waals surface area contributed by atoms with Crippen molar-refractivity contribution < 1.29 is 9.84 Å². The second-order valence-electron chi connectivity index (χ2n) is 6.69. The standard InChI is InChI=1S/C20H21BrN2O3/c1-13(2)9-10-26-16-6-3-14(4-7-16)12-23-18-8-5-15(21)11-17(18)19(22-25)20(23)24/h3-8,11,13,24H,9-10,12H2,1-2H3. The Labute approximate surface area is 160 Å². The van der Waals surface area contributed by atoms with Crippen molar-refractivity contribution in [2.24, 2.45) is 11.1 Å². The Morgan fingerprint density at radius 2 is 1.92 bits per heavy atom. The Kier molecular flexibility index (Phi) is 5.61. The number of hydrogen-bond acceptors (Lipinski definition) is 4. The van der Waals surface area contributed by atoms with E-state index in [0.717, 1.165) is 27.7 Å². The normalized spacial score (nSPS) is 11.2. The highest BCUT2D eigenvalue weighted by molar-refractivity contribution is 9.10. The lowest BCUT2D eigenvalue weighted by atomic mass is 10.1. The van der Waals surface area contributed by atoms with Crippen molar-refractivity contribution >= 4 is 32.5 Å². The minimum Gasteiger partial charge on any atom is -0.494 e. The molecular weight excluding hydrogens is 396 g/mol. The molecule has 0 spiro atoms. The number of nitrogens with zero attached hydrogens (tertiary/aromatic N) is 2. The van der Waals surface area contributed by atoms with Crippen molar-refractivity contribution in [1.29, 1.82) is 0 Å². The highest BCUT2D eigenvalue weighted by Gasteiger charge is 2.18. The average molecular weight is 417 g/mol. The van der Waals surface area contributed by atoms with Gasteiger partial charge < -0.3 is 14.4 Å². The van der Waals surface area contributed by atoms with E-state index >= 15 is 0 Å². The average Bonchev–Trinajstić information content (AvgIpc) is 2.86. The Bertz CT molecular complexity index is 917. The monoisotopic (exact) mass is 416 g/mol. The molecule has 0 atom stereocenters. The fourth-order valence-corrected chi connectivity index (χ4v) is 3.19. The van der Waals surface area contributed by atoms with Crippen molar-refractivity contribution in [3.63, 3.8) is 0 Å². The van der Waals surface area contributed by atoms with Crippen LogP contribution < -0.4 is 4.74 Å². The van der Waals surface area contributed by atoms with E-state index in [4.69, 9.17) is 4.74 Å². The molecule has 1 N–H and O–H groups in total. The predicted molar refractivity (Wildman–Crippen MR) is 107 cm³/mol. The lowest BCUT2D eigenvalue weighted by Crippen LogP contribution is -2.02. The summed E-state index contributed by atoms with van der Waals surface area (Å²) in [6.07, 6.45) is 1.02. The molecule has 136 valence electrons. The van der Waals surface area contributed by atoms with Gasteiger partial charge in [-0.05, 0) is 53.4 Å². The summed E-state index contributed by atoms with van der Waals surface area (Å²) in [4.78, 5) is 11.2. The van der Waals surface area contributed by atoms with E-state index in [9.17, 15) is 10.0 Å². The van der Waals surface area contributed by atoms with Crippen LogP contribution in [0.3, 0.4) is 0 Å². The van der Waals surface area contributed by atoms with Crippen molar-refractivity contribution in [3.8, 4) is 11.6 Å². The number of hydrogen-bond donors (Lipinski definition) is 1. The van der Waals surface area contributed by atoms with Crippen LogP contribution in [0.5, 0.6) is 11.6 Å². The van der Waals surface area contributed by atoms with Gasteiger partial charge in [-0.15, -0.1) is 4.91 Å². The zero-order valence-electron chi connectivity index (χ0n) is 14.8. The van der Waals surface area contributed by atoms with Gasteiger partial charge in [0.05, 0.1) is 18.7 Å². The zero-order chi connectivity index (χ0) is 18.7. The molecular formula is C20H21BrN2O3. The maximum atomic E-state index is 11.2. The van der Waals surface area contributed by atoms with Crippen LogP contribution in [0.25, 0.3) is 10.9 Å². The molecule has 1 heterocycles. The van der Waals surface area contributed by atoms with E-state index in [0.29, 0.717) is 24.5 Å². The highest BCUT2D eigenvalue weighted by atomic mass is 79.9. The molecule has 0 saturated heterocycles. The van der Waals surface area contributed by atoms with Gasteiger partial charge >= 0.3 is 0 Å². The van der Waals surface area contributed by atoms with Crippen LogP contribution in [0.15, 0.2) is 52.1 Å². The molecule has 5 nitrogen and oxygen atoms in total. The maximum absolute atomic E-state index is 11.2. The van der Waals surface area contributed by atoms with Gasteiger partial charge in [0.15, 0.2) is 5.69 Å². The van der Waals surface area contributed by atoms with Crippen LogP contribution in [-0.2, 0) is 6.54 Å². The van der Waals surface area contributed by atoms with Crippen molar-refractivity contribution in [2.45, 2.75) is 26.8 Å². The summed E-state index contributed by atoms with van der Waals surface area (Å²) in [5.41, 5.74) is 1.82. The lowest BCUT2D eigenvalue weighted by molar-refractivity contribution is 0.289. The van der Waals surface area contributed by atoms with Crippen molar-refractivity contribution in [1.82, 2.24) is 4.57 Å². The number of rotatable bonds is 7. The number of halogens is 1. The Balaban J connectivity index is 1.83. The molecule has 0 radical (unpaired) electrons. The van der Waals surface area contributed by atoms with E-state index in [1.807, 2.05) is 36.4 Å². The fraction of sp³-hybridized carbons (Fsp3) is 0.300. The molecule has 0 aliphatic carbocycles. The lowest BCUT2D eigenvalue weighted by Gasteiger charge is -2.10. The quantitative estimate of drug-likeness (QED) is 0.481. The number of aromatic hydroxyl groups is 1. The zero-order valence-corrected chi connectivity index (χ0v) is 16.4. The third-order valence-electron chi connectivity index (χ3n) is 4.29. The summed E-state index contributed by atoms with van der Waals surface area (Å²) in [5.74, 6) is 1.32. The van der Waals surface area contributed by atoms with Gasteiger partial charge in [-0.3, -0.25) is 0 Å². The number of nitroso groups, excluding NO2 is 1. The first-order chi connectivity index (χ1) is 12.5. The largest absolute Gasteiger partial charge is 0.494 e. The van der Waals surface area contributed by atoms with Crippen LogP contribution >= 0.6 is 15.9 Å². The minimum absolute atomic E-state index is 0.0648. The van der Waals surface area contributed by atoms with E-state index in [2.05, 4.69) is 35.0 Å². The van der Waals surface area contributed by atoms with E-state index in [1.165, 1.54) is 0 Å². The van der Waals surface area contributed by atoms with Crippen LogP contribution in [0.1, 0.15) is 25.8 Å². The van der Waals surface area contributed by atoms with Gasteiger partial charge in [-0.2, -0.15) is 0 Å². The molecule has 0 amide bonds. The molecule has 0 fully saturated rings. The second-order valence-corrected chi connectivity index (χ2v) is 7.60. The summed E-state index contributed by atoms with van der Waals surface area (Å²) >= 11 is 3.39. The fourth-order valence-electron chi connectivity index (χ4n) is 2.83. The van der Waals surface area contributed by atoms with Crippen molar-refractivity contribution in [3.05, 3.63) is 57.4 Å². The van der Waals surface area contributed by atoms with Crippen LogP contribution in [-0.4, -0.2) is 16.3 Å². The first-order valence-electron chi connectivity index (χ1n) is 8.55. The molecule has 0 aliphatic heterocycles. The van der Waals surface area contributed by atoms with Gasteiger partial charge in [0, 0.05) is 9.86 Å². The number of aromatic nitrogens is 1. The molecule has 3 aromatic rings. The van der Waals surface area contributed by atoms with Crippen molar-refractivity contribution in [2.75, 3.05) is 6.61 Å². The summed E-state index contributed by atoms with van der Waals surface area (Å²) in [6, 6.07) is 13.3. The SMILES string of the molecule is CC(C)CCOc1ccc(Cn2c(O)c(N=O)c3cc(Br)ccc32)cc1. The highest BCUT2D eigenvalue weighted by Crippen LogP contribution is 2.40. The summed E-state index contributed by atoms with van der Waals surface area (Å²) < 4.78 is 8.25. The molecule has 0 saturated carbocycles. The number of benzene rings is 2. The molecule has 2 aromatic carbocycles. The maximum Gasteiger partial charge on any atom is 0.222 e. The molecule has 0 unspecified atom stereocenters. The third-order valence-corrected chi connectivity index (χ3v) is 4.78. The molecule has 0 bridgehead atoms. The molecule has 6 heteroatoms. The Morgan fingerprint density at radius 3 is 2.58 bits per heavy atom.